The molecular weight excluding hydrogens is 911 g/mol. The molecule has 0 radical (unpaired) electrons. The Morgan fingerprint density at radius 1 is 0.529 bits per heavy atom. The van der Waals surface area contributed by atoms with E-state index in [1.54, 1.807) is 23.9 Å². The lowest BCUT2D eigenvalue weighted by Crippen LogP contribution is -2.42. The summed E-state index contributed by atoms with van der Waals surface area (Å²) in [6, 6.07) is 69.4. The van der Waals surface area contributed by atoms with Crippen LogP contribution in [0.5, 0.6) is 0 Å². The van der Waals surface area contributed by atoms with Gasteiger partial charge in [-0.15, -0.1) is 23.5 Å². The lowest BCUT2D eigenvalue weighted by Gasteiger charge is -2.36. The first-order valence-corrected chi connectivity index (χ1v) is 25.4. The van der Waals surface area contributed by atoms with Crippen LogP contribution in [0.1, 0.15) is 62.1 Å². The van der Waals surface area contributed by atoms with Gasteiger partial charge in [-0.3, -0.25) is 19.3 Å². The number of carbonyl (C=O) groups excluding carboxylic acids is 4. The van der Waals surface area contributed by atoms with E-state index < -0.39 is 33.4 Å². The Bertz CT molecular complexity index is 2520. The van der Waals surface area contributed by atoms with Crippen molar-refractivity contribution in [1.82, 2.24) is 15.5 Å². The largest absolute Gasteiger partial charge is 0.469 e. The van der Waals surface area contributed by atoms with Crippen molar-refractivity contribution in [3.8, 4) is 0 Å². The second kappa shape index (κ2) is 25.6. The summed E-state index contributed by atoms with van der Waals surface area (Å²) in [4.78, 5) is 54.0. The van der Waals surface area contributed by atoms with Gasteiger partial charge >= 0.3 is 11.9 Å². The SMILES string of the molecule is COC(=O)CCC(NC(=O)c1ccc(CN(CCSC(c2ccccc2)(c2ccccc2)c2ccccc2)CC(=O)NCCSC(c2ccccc2)(c2ccccc2)c2ccccc2)cc1)C(=O)OC. The molecule has 2 amide bonds. The number of carbonyl (C=O) groups is 4. The normalized spacial score (nSPS) is 11.9. The van der Waals surface area contributed by atoms with Crippen LogP contribution in [-0.2, 0) is 39.9 Å². The standard InChI is InChI=1S/C59H59N3O6S2/c1-67-55(64)38-37-53(57(66)68-2)61-56(65)46-35-33-45(34-36-46)43-62(40-42-70-59(50-27-15-6-16-28-50,51-29-17-7-18-30-51)52-31-19-8-20-32-52)44-54(63)60-39-41-69-58(47-21-9-3-10-22-47,48-23-11-4-12-24-48)49-25-13-5-14-26-49/h3-36,53H,37-44H2,1-2H3,(H,60,63)(H,61,65). The zero-order valence-corrected chi connectivity index (χ0v) is 41.2. The highest BCUT2D eigenvalue weighted by atomic mass is 32.2. The van der Waals surface area contributed by atoms with Crippen molar-refractivity contribution in [2.45, 2.75) is 34.9 Å². The molecule has 0 aliphatic carbocycles. The van der Waals surface area contributed by atoms with Crippen LogP contribution in [0.2, 0.25) is 0 Å². The zero-order chi connectivity index (χ0) is 49.0. The molecule has 9 nitrogen and oxygen atoms in total. The summed E-state index contributed by atoms with van der Waals surface area (Å²) < 4.78 is 8.57. The van der Waals surface area contributed by atoms with Crippen LogP contribution in [0, 0.1) is 0 Å². The second-order valence-corrected chi connectivity index (χ2v) is 19.3. The van der Waals surface area contributed by atoms with Gasteiger partial charge in [0.15, 0.2) is 0 Å². The number of rotatable bonds is 24. The molecule has 0 fully saturated rings. The third-order valence-electron chi connectivity index (χ3n) is 12.2. The molecule has 7 aromatic carbocycles. The molecule has 0 aliphatic heterocycles. The topological polar surface area (TPSA) is 114 Å². The second-order valence-electron chi connectivity index (χ2n) is 16.7. The van der Waals surface area contributed by atoms with E-state index in [0.29, 0.717) is 36.7 Å². The number of esters is 2. The van der Waals surface area contributed by atoms with Crippen LogP contribution in [-0.4, -0.2) is 80.1 Å². The molecule has 11 heteroatoms. The van der Waals surface area contributed by atoms with E-state index in [1.165, 1.54) is 14.2 Å². The Morgan fingerprint density at radius 3 is 1.31 bits per heavy atom. The van der Waals surface area contributed by atoms with E-state index >= 15 is 0 Å². The summed E-state index contributed by atoms with van der Waals surface area (Å²) in [5, 5.41) is 5.96. The molecule has 0 aromatic heterocycles. The lowest BCUT2D eigenvalue weighted by molar-refractivity contribution is -0.144. The predicted octanol–water partition coefficient (Wildman–Crippen LogP) is 10.3. The molecular formula is C59H59N3O6S2. The van der Waals surface area contributed by atoms with Crippen molar-refractivity contribution in [2.75, 3.05) is 45.4 Å². The number of nitrogens with zero attached hydrogens (tertiary/aromatic N) is 1. The predicted molar refractivity (Wildman–Crippen MR) is 283 cm³/mol. The first kappa shape index (κ1) is 50.9. The summed E-state index contributed by atoms with van der Waals surface area (Å²) >= 11 is 3.65. The summed E-state index contributed by atoms with van der Waals surface area (Å²) in [5.74, 6) is -0.393. The summed E-state index contributed by atoms with van der Waals surface area (Å²) in [6.07, 6.45) is -0.0278. The molecule has 0 bridgehead atoms. The number of hydrogen-bond donors (Lipinski definition) is 2. The van der Waals surface area contributed by atoms with Gasteiger partial charge in [-0.25, -0.2) is 4.79 Å². The minimum Gasteiger partial charge on any atom is -0.469 e. The molecule has 70 heavy (non-hydrogen) atoms. The number of methoxy groups -OCH3 is 2. The van der Waals surface area contributed by atoms with Crippen molar-refractivity contribution in [1.29, 1.82) is 0 Å². The van der Waals surface area contributed by atoms with Crippen LogP contribution in [0.25, 0.3) is 0 Å². The van der Waals surface area contributed by atoms with Crippen molar-refractivity contribution < 1.29 is 28.7 Å². The van der Waals surface area contributed by atoms with Gasteiger partial charge in [0.1, 0.15) is 6.04 Å². The fraction of sp³-hybridized carbons (Fsp3) is 0.220. The van der Waals surface area contributed by atoms with E-state index in [4.69, 9.17) is 9.47 Å². The molecule has 7 aromatic rings. The Balaban J connectivity index is 1.11. The van der Waals surface area contributed by atoms with E-state index in [-0.39, 0.29) is 25.3 Å². The molecule has 2 N–H and O–H groups in total. The molecule has 7 rings (SSSR count). The lowest BCUT2D eigenvalue weighted by atomic mass is 9.84. The van der Waals surface area contributed by atoms with Gasteiger partial charge in [-0.05, 0) is 57.5 Å². The monoisotopic (exact) mass is 969 g/mol. The maximum Gasteiger partial charge on any atom is 0.328 e. The summed E-state index contributed by atoms with van der Waals surface area (Å²) in [7, 11) is 2.50. The van der Waals surface area contributed by atoms with Gasteiger partial charge in [-0.1, -0.05) is 194 Å². The molecule has 0 saturated heterocycles. The summed E-state index contributed by atoms with van der Waals surface area (Å²) in [5.41, 5.74) is 8.20. The minimum absolute atomic E-state index is 0.0327. The number of hydrogen-bond acceptors (Lipinski definition) is 9. The Labute approximate surface area is 420 Å². The van der Waals surface area contributed by atoms with Crippen molar-refractivity contribution >= 4 is 47.3 Å². The fourth-order valence-electron chi connectivity index (χ4n) is 8.75. The van der Waals surface area contributed by atoms with Crippen LogP contribution >= 0.6 is 23.5 Å². The molecule has 0 aliphatic rings. The first-order chi connectivity index (χ1) is 34.3. The number of amides is 2. The fourth-order valence-corrected chi connectivity index (χ4v) is 11.7. The van der Waals surface area contributed by atoms with Crippen molar-refractivity contribution in [3.63, 3.8) is 0 Å². The first-order valence-electron chi connectivity index (χ1n) is 23.4. The van der Waals surface area contributed by atoms with E-state index in [9.17, 15) is 19.2 Å². The molecule has 1 unspecified atom stereocenters. The van der Waals surface area contributed by atoms with Crippen LogP contribution in [0.3, 0.4) is 0 Å². The van der Waals surface area contributed by atoms with Gasteiger partial charge in [0, 0.05) is 43.1 Å². The molecule has 0 spiro atoms. The quantitative estimate of drug-likeness (QED) is 0.0347. The smallest absolute Gasteiger partial charge is 0.328 e. The number of benzene rings is 7. The highest BCUT2D eigenvalue weighted by Crippen LogP contribution is 2.49. The summed E-state index contributed by atoms with van der Waals surface area (Å²) in [6.45, 7) is 1.60. The average molecular weight is 970 g/mol. The average Bonchev–Trinajstić information content (AvgIpc) is 3.42. The van der Waals surface area contributed by atoms with Crippen molar-refractivity contribution in [2.24, 2.45) is 0 Å². The Hall–Kier alpha value is -6.92. The van der Waals surface area contributed by atoms with Crippen LogP contribution in [0.4, 0.5) is 0 Å². The maximum absolute atomic E-state index is 14.2. The number of nitrogens with one attached hydrogen (secondary N) is 2. The molecule has 0 heterocycles. The number of ether oxygens (including phenoxy) is 2. The Morgan fingerprint density at radius 2 is 0.929 bits per heavy atom. The van der Waals surface area contributed by atoms with Gasteiger partial charge in [-0.2, -0.15) is 0 Å². The van der Waals surface area contributed by atoms with Gasteiger partial charge in [0.25, 0.3) is 5.91 Å². The van der Waals surface area contributed by atoms with Crippen molar-refractivity contribution in [3.05, 3.63) is 251 Å². The molecule has 0 saturated carbocycles. The molecule has 1 atom stereocenters. The minimum atomic E-state index is -1.03. The highest BCUT2D eigenvalue weighted by molar-refractivity contribution is 8.00. The third kappa shape index (κ3) is 12.8. The van der Waals surface area contributed by atoms with Gasteiger partial charge in [0.05, 0.1) is 30.3 Å². The van der Waals surface area contributed by atoms with Crippen LogP contribution in [0.15, 0.2) is 206 Å². The third-order valence-corrected chi connectivity index (χ3v) is 15.3. The Kier molecular flexibility index (Phi) is 18.6. The van der Waals surface area contributed by atoms with E-state index in [0.717, 1.165) is 38.9 Å². The number of thioether (sulfide) groups is 2. The van der Waals surface area contributed by atoms with E-state index in [2.05, 4.69) is 161 Å². The highest BCUT2D eigenvalue weighted by Gasteiger charge is 2.38. The van der Waals surface area contributed by atoms with Crippen LogP contribution < -0.4 is 10.6 Å². The zero-order valence-electron chi connectivity index (χ0n) is 39.6. The van der Waals surface area contributed by atoms with Gasteiger partial charge < -0.3 is 20.1 Å². The molecule has 358 valence electrons. The van der Waals surface area contributed by atoms with E-state index in [1.807, 2.05) is 60.3 Å². The van der Waals surface area contributed by atoms with Gasteiger partial charge in [0.2, 0.25) is 5.91 Å². The maximum atomic E-state index is 14.2.